The smallest absolute Gasteiger partial charge is 0.0391 e. The van der Waals surface area contributed by atoms with Crippen LogP contribution in [0.2, 0.25) is 0 Å². The Morgan fingerprint density at radius 2 is 2.06 bits per heavy atom. The number of hydrogen-bond acceptors (Lipinski definition) is 2. The number of rotatable bonds is 3. The molecule has 1 aromatic heterocycles. The van der Waals surface area contributed by atoms with Crippen LogP contribution in [0.3, 0.4) is 0 Å². The zero-order chi connectivity index (χ0) is 11.9. The Balaban J connectivity index is 1.69. The summed E-state index contributed by atoms with van der Waals surface area (Å²) in [4.78, 5) is 2.55. The molecule has 1 unspecified atom stereocenters. The lowest BCUT2D eigenvalue weighted by Crippen LogP contribution is -2.43. The molecule has 3 heteroatoms. The summed E-state index contributed by atoms with van der Waals surface area (Å²) < 4.78 is 2.50. The van der Waals surface area contributed by atoms with Crippen molar-refractivity contribution in [2.45, 2.75) is 32.9 Å². The van der Waals surface area contributed by atoms with Gasteiger partial charge in [0.25, 0.3) is 0 Å². The summed E-state index contributed by atoms with van der Waals surface area (Å²) in [7, 11) is 0. The van der Waals surface area contributed by atoms with Gasteiger partial charge in [0.15, 0.2) is 0 Å². The molecule has 0 radical (unpaired) electrons. The summed E-state index contributed by atoms with van der Waals surface area (Å²) >= 11 is 0. The van der Waals surface area contributed by atoms with Gasteiger partial charge in [-0.15, -0.1) is 0 Å². The Bertz CT molecular complexity index is 388. The highest BCUT2D eigenvalue weighted by atomic mass is 15.2. The fourth-order valence-electron chi connectivity index (χ4n) is 2.88. The maximum Gasteiger partial charge on any atom is 0.0391 e. The molecule has 0 aromatic carbocycles. The summed E-state index contributed by atoms with van der Waals surface area (Å²) in [6, 6.07) is 5.22. The van der Waals surface area contributed by atoms with Gasteiger partial charge in [-0.05, 0) is 24.0 Å². The molecule has 1 N–H and O–H groups in total. The third-order valence-corrected chi connectivity index (χ3v) is 4.26. The lowest BCUT2D eigenvalue weighted by molar-refractivity contribution is 0.227. The van der Waals surface area contributed by atoms with E-state index in [0.717, 1.165) is 25.7 Å². The molecule has 3 nitrogen and oxygen atoms in total. The van der Waals surface area contributed by atoms with E-state index in [1.54, 1.807) is 0 Å². The Labute approximate surface area is 104 Å². The van der Waals surface area contributed by atoms with Gasteiger partial charge in [0, 0.05) is 50.7 Å². The molecule has 0 amide bonds. The molecular formula is C14H23N3. The van der Waals surface area contributed by atoms with E-state index in [-0.39, 0.29) is 0 Å². The van der Waals surface area contributed by atoms with Crippen LogP contribution >= 0.6 is 0 Å². The van der Waals surface area contributed by atoms with E-state index in [2.05, 4.69) is 47.0 Å². The van der Waals surface area contributed by atoms with Crippen LogP contribution in [0.5, 0.6) is 0 Å². The number of nitrogens with one attached hydrogen (secondary N) is 1. The molecule has 0 bridgehead atoms. The highest BCUT2D eigenvalue weighted by molar-refractivity contribution is 5.14. The molecule has 1 aliphatic carbocycles. The zero-order valence-corrected chi connectivity index (χ0v) is 10.9. The maximum atomic E-state index is 3.41. The zero-order valence-electron chi connectivity index (χ0n) is 10.9. The SMILES string of the molecule is CC1(C)CC1n1cccc1CN1CCNCC1. The predicted octanol–water partition coefficient (Wildman–Crippen LogP) is 1.86. The topological polar surface area (TPSA) is 20.2 Å². The third kappa shape index (κ3) is 2.26. The highest BCUT2D eigenvalue weighted by Crippen LogP contribution is 2.55. The minimum atomic E-state index is 0.511. The average molecular weight is 233 g/mol. The Morgan fingerprint density at radius 3 is 2.71 bits per heavy atom. The van der Waals surface area contributed by atoms with Crippen molar-refractivity contribution < 1.29 is 0 Å². The van der Waals surface area contributed by atoms with E-state index in [0.29, 0.717) is 5.41 Å². The predicted molar refractivity (Wildman–Crippen MR) is 70.0 cm³/mol. The van der Waals surface area contributed by atoms with Gasteiger partial charge < -0.3 is 9.88 Å². The van der Waals surface area contributed by atoms with Crippen LogP contribution in [-0.2, 0) is 6.54 Å². The van der Waals surface area contributed by atoms with Gasteiger partial charge in [0.2, 0.25) is 0 Å². The molecule has 1 atom stereocenters. The van der Waals surface area contributed by atoms with Gasteiger partial charge in [-0.3, -0.25) is 4.90 Å². The monoisotopic (exact) mass is 233 g/mol. The van der Waals surface area contributed by atoms with E-state index in [4.69, 9.17) is 0 Å². The standard InChI is InChI=1S/C14H23N3/c1-14(2)10-13(14)17-7-3-4-12(17)11-16-8-5-15-6-9-16/h3-4,7,13,15H,5-6,8-11H2,1-2H3. The molecule has 94 valence electrons. The molecule has 2 fully saturated rings. The molecule has 1 saturated carbocycles. The van der Waals surface area contributed by atoms with Gasteiger partial charge in [-0.2, -0.15) is 0 Å². The molecule has 1 aliphatic heterocycles. The molecule has 2 heterocycles. The second kappa shape index (κ2) is 4.14. The van der Waals surface area contributed by atoms with Crippen LogP contribution in [0, 0.1) is 5.41 Å². The van der Waals surface area contributed by atoms with Gasteiger partial charge in [-0.25, -0.2) is 0 Å². The van der Waals surface area contributed by atoms with Crippen LogP contribution < -0.4 is 5.32 Å². The first kappa shape index (κ1) is 11.3. The summed E-state index contributed by atoms with van der Waals surface area (Å²) in [6.07, 6.45) is 3.59. The Morgan fingerprint density at radius 1 is 1.35 bits per heavy atom. The van der Waals surface area contributed by atoms with E-state index in [1.807, 2.05) is 0 Å². The molecule has 0 spiro atoms. The molecule has 17 heavy (non-hydrogen) atoms. The van der Waals surface area contributed by atoms with Gasteiger partial charge in [0.05, 0.1) is 0 Å². The molecule has 2 aliphatic rings. The van der Waals surface area contributed by atoms with Crippen LogP contribution in [0.4, 0.5) is 0 Å². The summed E-state index contributed by atoms with van der Waals surface area (Å²) in [6.45, 7) is 10.5. The van der Waals surface area contributed by atoms with E-state index in [1.165, 1.54) is 25.2 Å². The normalized spacial score (nSPS) is 28.2. The van der Waals surface area contributed by atoms with Crippen LogP contribution in [0.15, 0.2) is 18.3 Å². The summed E-state index contributed by atoms with van der Waals surface area (Å²) in [5.41, 5.74) is 2.00. The van der Waals surface area contributed by atoms with Gasteiger partial charge in [-0.1, -0.05) is 13.8 Å². The quantitative estimate of drug-likeness (QED) is 0.860. The lowest BCUT2D eigenvalue weighted by Gasteiger charge is -2.27. The Kier molecular flexibility index (Phi) is 2.75. The molecular weight excluding hydrogens is 210 g/mol. The summed E-state index contributed by atoms with van der Waals surface area (Å²) in [5, 5.41) is 3.41. The largest absolute Gasteiger partial charge is 0.347 e. The third-order valence-electron chi connectivity index (χ3n) is 4.26. The molecule has 3 rings (SSSR count). The first-order valence-corrected chi connectivity index (χ1v) is 6.76. The summed E-state index contributed by atoms with van der Waals surface area (Å²) in [5.74, 6) is 0. The van der Waals surface area contributed by atoms with Crippen LogP contribution in [0.25, 0.3) is 0 Å². The maximum absolute atomic E-state index is 3.41. The van der Waals surface area contributed by atoms with Crippen molar-refractivity contribution in [2.24, 2.45) is 5.41 Å². The van der Waals surface area contributed by atoms with Crippen molar-refractivity contribution in [1.29, 1.82) is 0 Å². The van der Waals surface area contributed by atoms with Crippen molar-refractivity contribution in [1.82, 2.24) is 14.8 Å². The van der Waals surface area contributed by atoms with Crippen molar-refractivity contribution in [3.05, 3.63) is 24.0 Å². The molecule has 1 aromatic rings. The van der Waals surface area contributed by atoms with Gasteiger partial charge >= 0.3 is 0 Å². The second-order valence-electron chi connectivity index (χ2n) is 6.14. The van der Waals surface area contributed by atoms with Crippen LogP contribution in [-0.4, -0.2) is 35.6 Å². The lowest BCUT2D eigenvalue weighted by atomic mass is 10.2. The van der Waals surface area contributed by atoms with Crippen LogP contribution in [0.1, 0.15) is 32.0 Å². The fraction of sp³-hybridized carbons (Fsp3) is 0.714. The van der Waals surface area contributed by atoms with Crippen molar-refractivity contribution in [2.75, 3.05) is 26.2 Å². The fourth-order valence-corrected chi connectivity index (χ4v) is 2.88. The van der Waals surface area contributed by atoms with Crippen molar-refractivity contribution in [3.63, 3.8) is 0 Å². The number of nitrogens with zero attached hydrogens (tertiary/aromatic N) is 2. The van der Waals surface area contributed by atoms with E-state index >= 15 is 0 Å². The van der Waals surface area contributed by atoms with E-state index < -0.39 is 0 Å². The number of piperazine rings is 1. The van der Waals surface area contributed by atoms with Gasteiger partial charge in [0.1, 0.15) is 0 Å². The average Bonchev–Trinajstić information content (AvgIpc) is 2.74. The minimum Gasteiger partial charge on any atom is -0.347 e. The highest BCUT2D eigenvalue weighted by Gasteiger charge is 2.47. The van der Waals surface area contributed by atoms with Crippen molar-refractivity contribution in [3.8, 4) is 0 Å². The first-order valence-electron chi connectivity index (χ1n) is 6.76. The first-order chi connectivity index (χ1) is 8.17. The Hall–Kier alpha value is -0.800. The molecule has 1 saturated heterocycles. The van der Waals surface area contributed by atoms with E-state index in [9.17, 15) is 0 Å². The number of aromatic nitrogens is 1. The second-order valence-corrected chi connectivity index (χ2v) is 6.14. The number of hydrogen-bond donors (Lipinski definition) is 1. The van der Waals surface area contributed by atoms with Crippen molar-refractivity contribution >= 4 is 0 Å². The minimum absolute atomic E-state index is 0.511.